The topological polar surface area (TPSA) is 102 Å². The van der Waals surface area contributed by atoms with Crippen molar-refractivity contribution < 1.29 is 12.8 Å². The Bertz CT molecular complexity index is 1080. The molecule has 1 aliphatic rings. The lowest BCUT2D eigenvalue weighted by atomic mass is 10.00. The van der Waals surface area contributed by atoms with Crippen LogP contribution in [-0.2, 0) is 10.0 Å². The first-order valence-corrected chi connectivity index (χ1v) is 10.6. The van der Waals surface area contributed by atoms with Crippen LogP contribution in [0.3, 0.4) is 0 Å². The van der Waals surface area contributed by atoms with Gasteiger partial charge in [0.1, 0.15) is 5.69 Å². The van der Waals surface area contributed by atoms with E-state index in [1.807, 2.05) is 6.92 Å². The van der Waals surface area contributed by atoms with Crippen LogP contribution in [0, 0.1) is 6.92 Å². The smallest absolute Gasteiger partial charge is 0.267 e. The zero-order valence-electron chi connectivity index (χ0n) is 15.1. The van der Waals surface area contributed by atoms with Gasteiger partial charge in [0.2, 0.25) is 15.9 Å². The van der Waals surface area contributed by atoms with Crippen LogP contribution >= 0.6 is 11.6 Å². The second kappa shape index (κ2) is 7.57. The van der Waals surface area contributed by atoms with Crippen LogP contribution in [0.25, 0.3) is 11.6 Å². The third kappa shape index (κ3) is 3.78. The summed E-state index contributed by atoms with van der Waals surface area (Å²) in [6.45, 7) is 2.55. The van der Waals surface area contributed by atoms with Gasteiger partial charge in [0.25, 0.3) is 5.89 Å². The number of nitrogens with zero attached hydrogens (tertiary/aromatic N) is 5. The summed E-state index contributed by atoms with van der Waals surface area (Å²) in [5, 5.41) is 8.54. The summed E-state index contributed by atoms with van der Waals surface area (Å²) >= 11 is 5.96. The summed E-state index contributed by atoms with van der Waals surface area (Å²) in [4.78, 5) is 8.59. The second-order valence-corrected chi connectivity index (χ2v) is 9.02. The van der Waals surface area contributed by atoms with Gasteiger partial charge in [-0.25, -0.2) is 13.4 Å². The number of hydrogen-bond donors (Lipinski definition) is 0. The molecular formula is C18H18ClN5O3S. The van der Waals surface area contributed by atoms with Crippen LogP contribution in [0.4, 0.5) is 0 Å². The summed E-state index contributed by atoms with van der Waals surface area (Å²) in [5.41, 5.74) is 1.28. The highest BCUT2D eigenvalue weighted by Crippen LogP contribution is 2.31. The van der Waals surface area contributed by atoms with E-state index in [0.717, 1.165) is 12.1 Å². The first kappa shape index (κ1) is 19.0. The van der Waals surface area contributed by atoms with Crippen molar-refractivity contribution in [2.24, 2.45) is 0 Å². The van der Waals surface area contributed by atoms with Crippen LogP contribution in [0.15, 0.2) is 46.0 Å². The van der Waals surface area contributed by atoms with Crippen molar-refractivity contribution in [3.05, 3.63) is 53.3 Å². The van der Waals surface area contributed by atoms with E-state index in [1.165, 1.54) is 10.4 Å². The van der Waals surface area contributed by atoms with E-state index in [9.17, 15) is 8.42 Å². The van der Waals surface area contributed by atoms with Crippen molar-refractivity contribution in [1.29, 1.82) is 0 Å². The van der Waals surface area contributed by atoms with E-state index in [-0.39, 0.29) is 23.2 Å². The van der Waals surface area contributed by atoms with E-state index in [2.05, 4.69) is 20.2 Å². The third-order valence-electron chi connectivity index (χ3n) is 4.61. The number of piperidine rings is 1. The Kier molecular flexibility index (Phi) is 5.13. The monoisotopic (exact) mass is 419 g/mol. The predicted octanol–water partition coefficient (Wildman–Crippen LogP) is 3.06. The molecule has 1 atom stereocenters. The molecule has 0 bridgehead atoms. The van der Waals surface area contributed by atoms with Crippen LogP contribution in [0.1, 0.15) is 30.3 Å². The lowest BCUT2D eigenvalue weighted by Gasteiger charge is -2.30. The van der Waals surface area contributed by atoms with Gasteiger partial charge in [-0.1, -0.05) is 17.7 Å². The van der Waals surface area contributed by atoms with Crippen molar-refractivity contribution in [2.75, 3.05) is 13.1 Å². The average Bonchev–Trinajstić information content (AvgIpc) is 3.19. The number of hydrogen-bond acceptors (Lipinski definition) is 7. The highest BCUT2D eigenvalue weighted by molar-refractivity contribution is 7.89. The van der Waals surface area contributed by atoms with Crippen LogP contribution in [-0.4, -0.2) is 46.0 Å². The molecule has 0 unspecified atom stereocenters. The first-order chi connectivity index (χ1) is 13.4. The molecule has 4 rings (SSSR count). The van der Waals surface area contributed by atoms with E-state index in [1.54, 1.807) is 30.6 Å². The van der Waals surface area contributed by atoms with Crippen molar-refractivity contribution in [2.45, 2.75) is 30.6 Å². The maximum Gasteiger partial charge on any atom is 0.267 e. The van der Waals surface area contributed by atoms with Crippen LogP contribution in [0.5, 0.6) is 0 Å². The molecule has 28 heavy (non-hydrogen) atoms. The van der Waals surface area contributed by atoms with Gasteiger partial charge in [-0.15, -0.1) is 10.2 Å². The molecule has 0 amide bonds. The third-order valence-corrected chi connectivity index (χ3v) is 6.70. The Labute approximate surface area is 167 Å². The SMILES string of the molecule is Cc1cnc(-c2nnc([C@@H]3CCCN(S(=O)(=O)c4cccc(Cl)c4)C3)o2)cn1. The minimum atomic E-state index is -3.64. The Balaban J connectivity index is 1.55. The van der Waals surface area contributed by atoms with Gasteiger partial charge in [-0.2, -0.15) is 4.31 Å². The van der Waals surface area contributed by atoms with Crippen molar-refractivity contribution in [3.63, 3.8) is 0 Å². The zero-order chi connectivity index (χ0) is 19.7. The van der Waals surface area contributed by atoms with Gasteiger partial charge in [0.05, 0.1) is 22.7 Å². The molecule has 0 aliphatic carbocycles. The van der Waals surface area contributed by atoms with Gasteiger partial charge in [0, 0.05) is 24.3 Å². The first-order valence-electron chi connectivity index (χ1n) is 8.81. The molecule has 8 nitrogen and oxygen atoms in total. The summed E-state index contributed by atoms with van der Waals surface area (Å²) in [6.07, 6.45) is 4.66. The molecule has 1 fully saturated rings. The number of aryl methyl sites for hydroxylation is 1. The maximum atomic E-state index is 13.0. The fourth-order valence-electron chi connectivity index (χ4n) is 3.14. The minimum absolute atomic E-state index is 0.178. The Hall–Kier alpha value is -2.36. The summed E-state index contributed by atoms with van der Waals surface area (Å²) in [7, 11) is -3.64. The zero-order valence-corrected chi connectivity index (χ0v) is 16.7. The fourth-order valence-corrected chi connectivity index (χ4v) is 4.97. The van der Waals surface area contributed by atoms with Crippen LogP contribution in [0.2, 0.25) is 5.02 Å². The minimum Gasteiger partial charge on any atom is -0.419 e. The highest BCUT2D eigenvalue weighted by Gasteiger charge is 2.33. The van der Waals surface area contributed by atoms with Crippen molar-refractivity contribution in [3.8, 4) is 11.6 Å². The Morgan fingerprint density at radius 2 is 2.07 bits per heavy atom. The van der Waals surface area contributed by atoms with E-state index in [0.29, 0.717) is 29.6 Å². The normalized spacial score (nSPS) is 18.3. The average molecular weight is 420 g/mol. The molecule has 10 heteroatoms. The molecule has 0 radical (unpaired) electrons. The van der Waals surface area contributed by atoms with E-state index >= 15 is 0 Å². The molecule has 146 valence electrons. The van der Waals surface area contributed by atoms with E-state index in [4.69, 9.17) is 16.0 Å². The molecule has 1 saturated heterocycles. The molecule has 1 aliphatic heterocycles. The number of aromatic nitrogens is 4. The lowest BCUT2D eigenvalue weighted by molar-refractivity contribution is 0.286. The van der Waals surface area contributed by atoms with Crippen molar-refractivity contribution >= 4 is 21.6 Å². The van der Waals surface area contributed by atoms with Gasteiger partial charge in [-0.3, -0.25) is 4.98 Å². The predicted molar refractivity (Wildman–Crippen MR) is 102 cm³/mol. The fraction of sp³-hybridized carbons (Fsp3) is 0.333. The molecule has 2 aromatic heterocycles. The second-order valence-electron chi connectivity index (χ2n) is 6.65. The van der Waals surface area contributed by atoms with Gasteiger partial charge in [0.15, 0.2) is 0 Å². The van der Waals surface area contributed by atoms with Gasteiger partial charge < -0.3 is 4.42 Å². The maximum absolute atomic E-state index is 13.0. The molecule has 3 heterocycles. The quantitative estimate of drug-likeness (QED) is 0.640. The summed E-state index contributed by atoms with van der Waals surface area (Å²) in [5.74, 6) is 0.503. The number of halogens is 1. The van der Waals surface area contributed by atoms with Gasteiger partial charge in [-0.05, 0) is 38.0 Å². The molecule has 1 aromatic carbocycles. The summed E-state index contributed by atoms with van der Waals surface area (Å²) < 4.78 is 33.1. The van der Waals surface area contributed by atoms with Crippen LogP contribution < -0.4 is 0 Å². The standard InChI is InChI=1S/C18H18ClN5O3S/c1-12-9-21-16(10-20-12)18-23-22-17(27-18)13-4-3-7-24(11-13)28(25,26)15-6-2-5-14(19)8-15/h2,5-6,8-10,13H,3-4,7,11H2,1H3/t13-/m1/s1. The highest BCUT2D eigenvalue weighted by atomic mass is 35.5. The lowest BCUT2D eigenvalue weighted by Crippen LogP contribution is -2.39. The number of sulfonamides is 1. The molecule has 0 saturated carbocycles. The Morgan fingerprint density at radius 3 is 2.82 bits per heavy atom. The Morgan fingerprint density at radius 1 is 1.21 bits per heavy atom. The summed E-state index contributed by atoms with van der Waals surface area (Å²) in [6, 6.07) is 6.28. The van der Waals surface area contributed by atoms with E-state index < -0.39 is 10.0 Å². The molecule has 0 N–H and O–H groups in total. The molecular weight excluding hydrogens is 402 g/mol. The van der Waals surface area contributed by atoms with Gasteiger partial charge >= 0.3 is 0 Å². The molecule has 3 aromatic rings. The number of rotatable bonds is 4. The number of benzene rings is 1. The molecule has 0 spiro atoms. The van der Waals surface area contributed by atoms with Crippen molar-refractivity contribution in [1.82, 2.24) is 24.5 Å². The largest absolute Gasteiger partial charge is 0.419 e.